The summed E-state index contributed by atoms with van der Waals surface area (Å²) in [6.45, 7) is 0. The molecule has 0 aliphatic carbocycles. The van der Waals surface area contributed by atoms with Crippen LogP contribution in [0.2, 0.25) is 0 Å². The maximum absolute atomic E-state index is 12.4. The van der Waals surface area contributed by atoms with Gasteiger partial charge in [0.15, 0.2) is 5.69 Å². The second kappa shape index (κ2) is 5.66. The standard InChI is InChI=1S/C17H12N4OS/c22-17(15-10-14(20-21-15)16-7-3-9-23-16)19-13-6-1-5-12-11(13)4-2-8-18-12/h1-10H,(H,19,22)(H,20,21). The van der Waals surface area contributed by atoms with E-state index in [1.807, 2.05) is 47.8 Å². The molecule has 1 amide bonds. The molecule has 112 valence electrons. The van der Waals surface area contributed by atoms with Crippen molar-refractivity contribution >= 4 is 33.8 Å². The minimum Gasteiger partial charge on any atom is -0.320 e. The summed E-state index contributed by atoms with van der Waals surface area (Å²) in [5.74, 6) is -0.250. The van der Waals surface area contributed by atoms with Gasteiger partial charge < -0.3 is 5.32 Å². The summed E-state index contributed by atoms with van der Waals surface area (Å²) in [7, 11) is 0. The zero-order valence-corrected chi connectivity index (χ0v) is 12.8. The van der Waals surface area contributed by atoms with E-state index in [9.17, 15) is 4.79 Å². The second-order valence-corrected chi connectivity index (χ2v) is 5.92. The lowest BCUT2D eigenvalue weighted by molar-refractivity contribution is 0.102. The Labute approximate surface area is 136 Å². The molecular weight excluding hydrogens is 308 g/mol. The summed E-state index contributed by atoms with van der Waals surface area (Å²) >= 11 is 1.60. The number of amides is 1. The lowest BCUT2D eigenvalue weighted by Gasteiger charge is -2.06. The maximum Gasteiger partial charge on any atom is 0.276 e. The van der Waals surface area contributed by atoms with Gasteiger partial charge >= 0.3 is 0 Å². The van der Waals surface area contributed by atoms with Crippen LogP contribution in [-0.4, -0.2) is 21.1 Å². The van der Waals surface area contributed by atoms with Crippen molar-refractivity contribution in [1.82, 2.24) is 15.2 Å². The van der Waals surface area contributed by atoms with Crippen LogP contribution in [0.25, 0.3) is 21.5 Å². The van der Waals surface area contributed by atoms with Gasteiger partial charge in [-0.3, -0.25) is 14.9 Å². The zero-order chi connectivity index (χ0) is 15.6. The molecule has 0 atom stereocenters. The molecule has 1 aromatic carbocycles. The molecule has 0 aliphatic rings. The van der Waals surface area contributed by atoms with Gasteiger partial charge in [-0.1, -0.05) is 12.1 Å². The molecule has 0 saturated heterocycles. The van der Waals surface area contributed by atoms with Crippen molar-refractivity contribution in [2.75, 3.05) is 5.32 Å². The van der Waals surface area contributed by atoms with Gasteiger partial charge in [0.1, 0.15) is 0 Å². The van der Waals surface area contributed by atoms with E-state index in [1.165, 1.54) is 0 Å². The molecule has 4 rings (SSSR count). The molecule has 3 aromatic heterocycles. The molecule has 0 radical (unpaired) electrons. The molecule has 23 heavy (non-hydrogen) atoms. The smallest absolute Gasteiger partial charge is 0.276 e. The first kappa shape index (κ1) is 13.7. The molecule has 2 N–H and O–H groups in total. The van der Waals surface area contributed by atoms with Crippen molar-refractivity contribution in [2.45, 2.75) is 0 Å². The number of aromatic amines is 1. The van der Waals surface area contributed by atoms with E-state index in [4.69, 9.17) is 0 Å². The number of carbonyl (C=O) groups is 1. The Morgan fingerprint density at radius 2 is 2.09 bits per heavy atom. The number of fused-ring (bicyclic) bond motifs is 1. The van der Waals surface area contributed by atoms with Crippen LogP contribution in [0.15, 0.2) is 60.1 Å². The summed E-state index contributed by atoms with van der Waals surface area (Å²) in [6.07, 6.45) is 1.73. The molecule has 0 aliphatic heterocycles. The summed E-state index contributed by atoms with van der Waals surface area (Å²) in [4.78, 5) is 17.8. The van der Waals surface area contributed by atoms with Crippen LogP contribution >= 0.6 is 11.3 Å². The van der Waals surface area contributed by atoms with Gasteiger partial charge in [0.2, 0.25) is 0 Å². The number of benzene rings is 1. The van der Waals surface area contributed by atoms with Gasteiger partial charge in [-0.2, -0.15) is 5.10 Å². The van der Waals surface area contributed by atoms with Crippen LogP contribution in [-0.2, 0) is 0 Å². The fourth-order valence-electron chi connectivity index (χ4n) is 2.39. The Balaban J connectivity index is 1.62. The van der Waals surface area contributed by atoms with Gasteiger partial charge in [-0.15, -0.1) is 11.3 Å². The minimum absolute atomic E-state index is 0.250. The number of carbonyl (C=O) groups excluding carboxylic acids is 1. The van der Waals surface area contributed by atoms with E-state index in [1.54, 1.807) is 23.6 Å². The maximum atomic E-state index is 12.4. The number of nitrogens with zero attached hydrogens (tertiary/aromatic N) is 2. The number of nitrogens with one attached hydrogen (secondary N) is 2. The monoisotopic (exact) mass is 320 g/mol. The van der Waals surface area contributed by atoms with Crippen molar-refractivity contribution < 1.29 is 4.79 Å². The van der Waals surface area contributed by atoms with E-state index in [0.717, 1.165) is 27.2 Å². The van der Waals surface area contributed by atoms with Gasteiger partial charge in [-0.05, 0) is 41.8 Å². The first-order valence-corrected chi connectivity index (χ1v) is 7.93. The van der Waals surface area contributed by atoms with Crippen molar-refractivity contribution in [3.8, 4) is 10.6 Å². The molecular formula is C17H12N4OS. The first-order valence-electron chi connectivity index (χ1n) is 7.06. The summed E-state index contributed by atoms with van der Waals surface area (Å²) in [6, 6.07) is 15.1. The molecule has 0 saturated carbocycles. The van der Waals surface area contributed by atoms with E-state index < -0.39 is 0 Å². The highest BCUT2D eigenvalue weighted by Gasteiger charge is 2.13. The average molecular weight is 320 g/mol. The average Bonchev–Trinajstić information content (AvgIpc) is 3.26. The van der Waals surface area contributed by atoms with E-state index in [0.29, 0.717) is 5.69 Å². The van der Waals surface area contributed by atoms with Crippen LogP contribution in [0.5, 0.6) is 0 Å². The first-order chi connectivity index (χ1) is 11.3. The Morgan fingerprint density at radius 1 is 1.13 bits per heavy atom. The highest BCUT2D eigenvalue weighted by molar-refractivity contribution is 7.13. The molecule has 3 heterocycles. The minimum atomic E-state index is -0.250. The fraction of sp³-hybridized carbons (Fsp3) is 0. The lowest BCUT2D eigenvalue weighted by atomic mass is 10.2. The third kappa shape index (κ3) is 2.60. The highest BCUT2D eigenvalue weighted by Crippen LogP contribution is 2.24. The van der Waals surface area contributed by atoms with Crippen molar-refractivity contribution in [1.29, 1.82) is 0 Å². The largest absolute Gasteiger partial charge is 0.320 e. The predicted octanol–water partition coefficient (Wildman–Crippen LogP) is 3.94. The van der Waals surface area contributed by atoms with Crippen LogP contribution in [0.3, 0.4) is 0 Å². The van der Waals surface area contributed by atoms with Gasteiger partial charge in [0, 0.05) is 11.6 Å². The number of rotatable bonds is 3. The zero-order valence-electron chi connectivity index (χ0n) is 12.0. The summed E-state index contributed by atoms with van der Waals surface area (Å²) < 4.78 is 0. The fourth-order valence-corrected chi connectivity index (χ4v) is 3.09. The van der Waals surface area contributed by atoms with Crippen LogP contribution in [0.4, 0.5) is 5.69 Å². The molecule has 0 bridgehead atoms. The van der Waals surface area contributed by atoms with Crippen molar-refractivity contribution in [3.05, 3.63) is 65.8 Å². The number of hydrogen-bond acceptors (Lipinski definition) is 4. The topological polar surface area (TPSA) is 70.7 Å². The quantitative estimate of drug-likeness (QED) is 0.600. The van der Waals surface area contributed by atoms with Gasteiger partial charge in [-0.25, -0.2) is 0 Å². The number of aromatic nitrogens is 3. The SMILES string of the molecule is O=C(Nc1cccc2ncccc12)c1cc(-c2cccs2)[nH]n1. The number of anilines is 1. The molecule has 5 nitrogen and oxygen atoms in total. The number of H-pyrrole nitrogens is 1. The Bertz CT molecular complexity index is 970. The number of thiophene rings is 1. The Morgan fingerprint density at radius 3 is 2.96 bits per heavy atom. The van der Waals surface area contributed by atoms with Crippen LogP contribution in [0.1, 0.15) is 10.5 Å². The van der Waals surface area contributed by atoms with Gasteiger partial charge in [0.25, 0.3) is 5.91 Å². The van der Waals surface area contributed by atoms with Crippen molar-refractivity contribution in [2.24, 2.45) is 0 Å². The van der Waals surface area contributed by atoms with E-state index in [2.05, 4.69) is 20.5 Å². The summed E-state index contributed by atoms with van der Waals surface area (Å²) in [5.41, 5.74) is 2.76. The van der Waals surface area contributed by atoms with E-state index in [-0.39, 0.29) is 5.91 Å². The third-order valence-corrected chi connectivity index (χ3v) is 4.39. The normalized spacial score (nSPS) is 10.8. The number of hydrogen-bond donors (Lipinski definition) is 2. The van der Waals surface area contributed by atoms with Crippen LogP contribution in [0, 0.1) is 0 Å². The molecule has 6 heteroatoms. The van der Waals surface area contributed by atoms with Gasteiger partial charge in [0.05, 0.1) is 21.8 Å². The molecule has 4 aromatic rings. The second-order valence-electron chi connectivity index (χ2n) is 4.97. The highest BCUT2D eigenvalue weighted by atomic mass is 32.1. The third-order valence-electron chi connectivity index (χ3n) is 3.49. The molecule has 0 unspecified atom stereocenters. The van der Waals surface area contributed by atoms with E-state index >= 15 is 0 Å². The van der Waals surface area contributed by atoms with Crippen LogP contribution < -0.4 is 5.32 Å². The van der Waals surface area contributed by atoms with Crippen molar-refractivity contribution in [3.63, 3.8) is 0 Å². The molecule has 0 fully saturated rings. The molecule has 0 spiro atoms. The predicted molar refractivity (Wildman–Crippen MR) is 91.6 cm³/mol. The summed E-state index contributed by atoms with van der Waals surface area (Å²) in [5, 5.41) is 12.8. The number of pyridine rings is 1. The Hall–Kier alpha value is -2.99. The Kier molecular flexibility index (Phi) is 3.36. The lowest BCUT2D eigenvalue weighted by Crippen LogP contribution is -2.12.